The highest BCUT2D eigenvalue weighted by atomic mass is 16.1. The molecule has 1 aliphatic carbocycles. The molecule has 3 aromatic rings. The molecule has 1 heteroatoms. The third-order valence-electron chi connectivity index (χ3n) is 4.86. The van der Waals surface area contributed by atoms with Crippen LogP contribution in [0.5, 0.6) is 0 Å². The molecule has 1 unspecified atom stereocenters. The standard InChI is InChI=1S/C22H18O/c23-21-20-14-8-7-11-18(20)16-22(21,19-12-5-2-6-13-19)15-17-9-3-1-4-10-17/h1-14H,15-16H2. The number of ketones is 1. The van der Waals surface area contributed by atoms with E-state index in [1.54, 1.807) is 0 Å². The van der Waals surface area contributed by atoms with Gasteiger partial charge in [0.05, 0.1) is 5.41 Å². The van der Waals surface area contributed by atoms with Crippen molar-refractivity contribution in [1.29, 1.82) is 0 Å². The number of hydrogen-bond acceptors (Lipinski definition) is 1. The van der Waals surface area contributed by atoms with E-state index in [1.165, 1.54) is 5.56 Å². The Morgan fingerprint density at radius 3 is 2.04 bits per heavy atom. The second-order valence-corrected chi connectivity index (χ2v) is 6.27. The van der Waals surface area contributed by atoms with E-state index in [-0.39, 0.29) is 5.78 Å². The number of hydrogen-bond donors (Lipinski definition) is 0. The van der Waals surface area contributed by atoms with Gasteiger partial charge in [0.25, 0.3) is 0 Å². The quantitative estimate of drug-likeness (QED) is 0.690. The molecule has 0 aromatic heterocycles. The van der Waals surface area contributed by atoms with Gasteiger partial charge in [-0.15, -0.1) is 0 Å². The molecule has 23 heavy (non-hydrogen) atoms. The van der Waals surface area contributed by atoms with E-state index in [4.69, 9.17) is 0 Å². The summed E-state index contributed by atoms with van der Waals surface area (Å²) < 4.78 is 0. The van der Waals surface area contributed by atoms with Crippen LogP contribution in [0.3, 0.4) is 0 Å². The Bertz CT molecular complexity index is 836. The maximum Gasteiger partial charge on any atom is 0.174 e. The van der Waals surface area contributed by atoms with Crippen molar-refractivity contribution in [2.75, 3.05) is 0 Å². The molecule has 0 bridgehead atoms. The number of fused-ring (bicyclic) bond motifs is 1. The number of benzene rings is 3. The van der Waals surface area contributed by atoms with Crippen LogP contribution in [-0.2, 0) is 18.3 Å². The zero-order valence-corrected chi connectivity index (χ0v) is 12.9. The molecule has 0 saturated heterocycles. The number of rotatable bonds is 3. The normalized spacial score (nSPS) is 19.6. The molecular weight excluding hydrogens is 280 g/mol. The Balaban J connectivity index is 1.85. The van der Waals surface area contributed by atoms with Gasteiger partial charge in [-0.05, 0) is 29.5 Å². The van der Waals surface area contributed by atoms with Gasteiger partial charge in [0.1, 0.15) is 0 Å². The maximum atomic E-state index is 13.3. The molecule has 112 valence electrons. The van der Waals surface area contributed by atoms with Gasteiger partial charge in [0.15, 0.2) is 5.78 Å². The first-order chi connectivity index (χ1) is 11.3. The molecule has 1 nitrogen and oxygen atoms in total. The molecule has 1 atom stereocenters. The predicted octanol–water partition coefficient (Wildman–Crippen LogP) is 4.61. The van der Waals surface area contributed by atoms with Crippen molar-refractivity contribution in [2.45, 2.75) is 18.3 Å². The molecule has 4 rings (SSSR count). The highest BCUT2D eigenvalue weighted by Gasteiger charge is 2.46. The van der Waals surface area contributed by atoms with Crippen LogP contribution in [0, 0.1) is 0 Å². The molecule has 0 fully saturated rings. The molecule has 0 amide bonds. The molecule has 0 saturated carbocycles. The Morgan fingerprint density at radius 1 is 0.739 bits per heavy atom. The minimum atomic E-state index is -0.480. The predicted molar refractivity (Wildman–Crippen MR) is 92.7 cm³/mol. The minimum Gasteiger partial charge on any atom is -0.293 e. The van der Waals surface area contributed by atoms with E-state index in [9.17, 15) is 4.79 Å². The number of carbonyl (C=O) groups is 1. The van der Waals surface area contributed by atoms with Crippen LogP contribution >= 0.6 is 0 Å². The lowest BCUT2D eigenvalue weighted by atomic mass is 9.72. The Kier molecular flexibility index (Phi) is 3.34. The Morgan fingerprint density at radius 2 is 1.35 bits per heavy atom. The molecule has 3 aromatic carbocycles. The zero-order valence-electron chi connectivity index (χ0n) is 12.9. The summed E-state index contributed by atoms with van der Waals surface area (Å²) in [6.07, 6.45) is 1.52. The van der Waals surface area contributed by atoms with Crippen LogP contribution in [0.4, 0.5) is 0 Å². The van der Waals surface area contributed by atoms with Crippen molar-refractivity contribution in [1.82, 2.24) is 0 Å². The lowest BCUT2D eigenvalue weighted by Crippen LogP contribution is -2.35. The fraction of sp³-hybridized carbons (Fsp3) is 0.136. The summed E-state index contributed by atoms with van der Waals surface area (Å²) in [7, 11) is 0. The average Bonchev–Trinajstić information content (AvgIpc) is 2.90. The summed E-state index contributed by atoms with van der Waals surface area (Å²) in [4.78, 5) is 13.3. The fourth-order valence-electron chi connectivity index (χ4n) is 3.74. The van der Waals surface area contributed by atoms with Gasteiger partial charge in [0, 0.05) is 5.56 Å². The molecule has 0 spiro atoms. The van der Waals surface area contributed by atoms with E-state index in [0.717, 1.165) is 29.5 Å². The van der Waals surface area contributed by atoms with Crippen molar-refractivity contribution in [3.8, 4) is 0 Å². The summed E-state index contributed by atoms with van der Waals surface area (Å²) >= 11 is 0. The zero-order chi connectivity index (χ0) is 15.7. The highest BCUT2D eigenvalue weighted by Crippen LogP contribution is 2.42. The third-order valence-corrected chi connectivity index (χ3v) is 4.86. The summed E-state index contributed by atoms with van der Waals surface area (Å²) in [5.41, 5.74) is 3.89. The molecular formula is C22H18O. The van der Waals surface area contributed by atoms with Crippen molar-refractivity contribution < 1.29 is 4.79 Å². The summed E-state index contributed by atoms with van der Waals surface area (Å²) in [5.74, 6) is 0.253. The van der Waals surface area contributed by atoms with Crippen LogP contribution in [0.15, 0.2) is 84.9 Å². The van der Waals surface area contributed by atoms with Gasteiger partial charge in [-0.1, -0.05) is 84.9 Å². The van der Waals surface area contributed by atoms with Crippen molar-refractivity contribution in [3.05, 3.63) is 107 Å². The Hall–Kier alpha value is -2.67. The lowest BCUT2D eigenvalue weighted by Gasteiger charge is -2.28. The van der Waals surface area contributed by atoms with E-state index < -0.39 is 5.41 Å². The van der Waals surface area contributed by atoms with Gasteiger partial charge in [0.2, 0.25) is 0 Å². The molecule has 0 heterocycles. The fourth-order valence-corrected chi connectivity index (χ4v) is 3.74. The Labute approximate surface area is 136 Å². The van der Waals surface area contributed by atoms with Crippen LogP contribution in [-0.4, -0.2) is 5.78 Å². The smallest absolute Gasteiger partial charge is 0.174 e. The van der Waals surface area contributed by atoms with E-state index >= 15 is 0 Å². The summed E-state index contributed by atoms with van der Waals surface area (Å²) in [6, 6.07) is 28.6. The summed E-state index contributed by atoms with van der Waals surface area (Å²) in [6.45, 7) is 0. The number of carbonyl (C=O) groups excluding carboxylic acids is 1. The van der Waals surface area contributed by atoms with Gasteiger partial charge < -0.3 is 0 Å². The van der Waals surface area contributed by atoms with Gasteiger partial charge in [-0.25, -0.2) is 0 Å². The second kappa shape index (κ2) is 5.51. The topological polar surface area (TPSA) is 17.1 Å². The van der Waals surface area contributed by atoms with E-state index in [1.807, 2.05) is 54.6 Å². The van der Waals surface area contributed by atoms with Gasteiger partial charge in [-0.2, -0.15) is 0 Å². The first kappa shape index (κ1) is 14.0. The van der Waals surface area contributed by atoms with Gasteiger partial charge >= 0.3 is 0 Å². The third kappa shape index (κ3) is 2.29. The molecule has 1 aliphatic rings. The van der Waals surface area contributed by atoms with Crippen LogP contribution in [0.1, 0.15) is 27.0 Å². The van der Waals surface area contributed by atoms with Crippen LogP contribution in [0.2, 0.25) is 0 Å². The van der Waals surface area contributed by atoms with E-state index in [0.29, 0.717) is 0 Å². The average molecular weight is 298 g/mol. The monoisotopic (exact) mass is 298 g/mol. The van der Waals surface area contributed by atoms with Crippen molar-refractivity contribution in [2.24, 2.45) is 0 Å². The number of Topliss-reactive ketones (excluding diaryl/α,β-unsaturated/α-hetero) is 1. The molecule has 0 N–H and O–H groups in total. The van der Waals surface area contributed by atoms with Crippen molar-refractivity contribution in [3.63, 3.8) is 0 Å². The van der Waals surface area contributed by atoms with E-state index in [2.05, 4.69) is 30.3 Å². The first-order valence-corrected chi connectivity index (χ1v) is 8.02. The molecule has 0 radical (unpaired) electrons. The minimum absolute atomic E-state index is 0.253. The lowest BCUT2D eigenvalue weighted by molar-refractivity contribution is 0.0901. The second-order valence-electron chi connectivity index (χ2n) is 6.27. The van der Waals surface area contributed by atoms with Crippen LogP contribution < -0.4 is 0 Å². The van der Waals surface area contributed by atoms with Gasteiger partial charge in [-0.3, -0.25) is 4.79 Å². The first-order valence-electron chi connectivity index (χ1n) is 8.02. The highest BCUT2D eigenvalue weighted by molar-refractivity contribution is 6.08. The van der Waals surface area contributed by atoms with Crippen LogP contribution in [0.25, 0.3) is 0 Å². The van der Waals surface area contributed by atoms with Crippen molar-refractivity contribution >= 4 is 5.78 Å². The summed E-state index contributed by atoms with van der Waals surface area (Å²) in [5, 5.41) is 0. The maximum absolute atomic E-state index is 13.3. The molecule has 0 aliphatic heterocycles. The largest absolute Gasteiger partial charge is 0.293 e. The SMILES string of the molecule is O=C1c2ccccc2CC1(Cc1ccccc1)c1ccccc1.